The first-order valence-corrected chi connectivity index (χ1v) is 7.39. The van der Waals surface area contributed by atoms with Crippen LogP contribution in [0.5, 0.6) is 0 Å². The quantitative estimate of drug-likeness (QED) is 0.812. The Morgan fingerprint density at radius 1 is 1.33 bits per heavy atom. The lowest BCUT2D eigenvalue weighted by Gasteiger charge is -2.25. The van der Waals surface area contributed by atoms with Gasteiger partial charge in [-0.3, -0.25) is 0 Å². The molecule has 0 unspecified atom stereocenters. The zero-order valence-corrected chi connectivity index (χ0v) is 12.0. The third-order valence-corrected chi connectivity index (χ3v) is 4.79. The molecule has 1 aromatic heterocycles. The third-order valence-electron chi connectivity index (χ3n) is 3.14. The number of aromatic nitrogens is 1. The molecule has 0 aliphatic carbocycles. The van der Waals surface area contributed by atoms with Gasteiger partial charge in [-0.15, -0.1) is 0 Å². The predicted molar refractivity (Wildman–Crippen MR) is 66.7 cm³/mol. The van der Waals surface area contributed by atoms with E-state index in [1.54, 1.807) is 13.8 Å². The van der Waals surface area contributed by atoms with Crippen LogP contribution in [-0.4, -0.2) is 30.8 Å². The second-order valence-corrected chi connectivity index (χ2v) is 6.11. The first kappa shape index (κ1) is 15.1. The summed E-state index contributed by atoms with van der Waals surface area (Å²) in [5, 5.41) is 13.7. The summed E-state index contributed by atoms with van der Waals surface area (Å²) in [4.78, 5) is 0.0528. The first-order chi connectivity index (χ1) is 8.25. The van der Waals surface area contributed by atoms with E-state index in [2.05, 4.69) is 9.88 Å². The van der Waals surface area contributed by atoms with Gasteiger partial charge in [-0.05, 0) is 26.7 Å². The maximum absolute atomic E-state index is 12.1. The first-order valence-electron chi connectivity index (χ1n) is 5.90. The van der Waals surface area contributed by atoms with Crippen LogP contribution in [0.4, 0.5) is 0 Å². The molecule has 0 spiro atoms. The van der Waals surface area contributed by atoms with Gasteiger partial charge >= 0.3 is 0 Å². The van der Waals surface area contributed by atoms with Gasteiger partial charge in [0, 0.05) is 6.54 Å². The summed E-state index contributed by atoms with van der Waals surface area (Å²) >= 11 is 0. The van der Waals surface area contributed by atoms with Gasteiger partial charge in [-0.25, -0.2) is 13.1 Å². The van der Waals surface area contributed by atoms with E-state index in [1.807, 2.05) is 13.8 Å². The molecular weight excluding hydrogens is 256 g/mol. The Morgan fingerprint density at radius 3 is 2.28 bits per heavy atom. The van der Waals surface area contributed by atoms with Crippen LogP contribution >= 0.6 is 0 Å². The maximum atomic E-state index is 12.1. The van der Waals surface area contributed by atoms with Gasteiger partial charge in [-0.1, -0.05) is 19.0 Å². The van der Waals surface area contributed by atoms with Crippen molar-refractivity contribution in [1.82, 2.24) is 9.88 Å². The standard InChI is InChI=1S/C11H20N2O4S/c1-5-11(14,6-2)7-12-18(15,16)10-8(3)13-17-9(10)4/h12,14H,5-7H2,1-4H3. The Balaban J connectivity index is 2.91. The number of nitrogens with zero attached hydrogens (tertiary/aromatic N) is 1. The minimum Gasteiger partial charge on any atom is -0.389 e. The van der Waals surface area contributed by atoms with E-state index in [0.29, 0.717) is 18.5 Å². The SMILES string of the molecule is CCC(O)(CC)CNS(=O)(=O)c1c(C)noc1C. The largest absolute Gasteiger partial charge is 0.389 e. The van der Waals surface area contributed by atoms with E-state index in [9.17, 15) is 13.5 Å². The normalized spacial score (nSPS) is 12.9. The molecular formula is C11H20N2O4S. The van der Waals surface area contributed by atoms with Crippen molar-refractivity contribution in [2.75, 3.05) is 6.54 Å². The summed E-state index contributed by atoms with van der Waals surface area (Å²) in [6, 6.07) is 0. The second-order valence-electron chi connectivity index (χ2n) is 4.41. The highest BCUT2D eigenvalue weighted by Crippen LogP contribution is 2.20. The monoisotopic (exact) mass is 276 g/mol. The molecule has 104 valence electrons. The summed E-state index contributed by atoms with van der Waals surface area (Å²) in [5.41, 5.74) is -0.706. The van der Waals surface area contributed by atoms with Gasteiger partial charge in [0.2, 0.25) is 10.0 Å². The van der Waals surface area contributed by atoms with Crippen LogP contribution in [0.3, 0.4) is 0 Å². The highest BCUT2D eigenvalue weighted by atomic mass is 32.2. The van der Waals surface area contributed by atoms with Crippen LogP contribution in [0.25, 0.3) is 0 Å². The topological polar surface area (TPSA) is 92.4 Å². The Hall–Kier alpha value is -0.920. The summed E-state index contributed by atoms with van der Waals surface area (Å²) in [7, 11) is -3.70. The van der Waals surface area contributed by atoms with E-state index < -0.39 is 15.6 Å². The van der Waals surface area contributed by atoms with Gasteiger partial charge in [0.15, 0.2) is 5.76 Å². The molecule has 0 aromatic carbocycles. The van der Waals surface area contributed by atoms with Crippen LogP contribution < -0.4 is 4.72 Å². The fourth-order valence-electron chi connectivity index (χ4n) is 1.66. The second kappa shape index (κ2) is 5.38. The molecule has 0 amide bonds. The molecule has 1 rings (SSSR count). The highest BCUT2D eigenvalue weighted by molar-refractivity contribution is 7.89. The fraction of sp³-hybridized carbons (Fsp3) is 0.727. The molecule has 1 aromatic rings. The Bertz CT molecular complexity index is 484. The number of hydrogen-bond donors (Lipinski definition) is 2. The van der Waals surface area contributed by atoms with E-state index in [1.165, 1.54) is 0 Å². The van der Waals surface area contributed by atoms with Gasteiger partial charge in [0.05, 0.1) is 5.60 Å². The molecule has 0 saturated carbocycles. The third kappa shape index (κ3) is 3.09. The zero-order chi connectivity index (χ0) is 14.0. The molecule has 0 radical (unpaired) electrons. The van der Waals surface area contributed by atoms with Gasteiger partial charge in [0.25, 0.3) is 0 Å². The van der Waals surface area contributed by atoms with Crippen LogP contribution in [0, 0.1) is 13.8 Å². The highest BCUT2D eigenvalue weighted by Gasteiger charge is 2.29. The molecule has 0 aliphatic heterocycles. The van der Waals surface area contributed by atoms with Crippen LogP contribution in [-0.2, 0) is 10.0 Å². The molecule has 1 heterocycles. The Morgan fingerprint density at radius 2 is 1.89 bits per heavy atom. The van der Waals surface area contributed by atoms with Crippen molar-refractivity contribution in [1.29, 1.82) is 0 Å². The van der Waals surface area contributed by atoms with Gasteiger partial charge in [-0.2, -0.15) is 0 Å². The lowest BCUT2D eigenvalue weighted by Crippen LogP contribution is -2.42. The molecule has 0 aliphatic rings. The fourth-order valence-corrected chi connectivity index (χ4v) is 3.10. The van der Waals surface area contributed by atoms with Crippen LogP contribution in [0.15, 0.2) is 9.42 Å². The van der Waals surface area contributed by atoms with Crippen molar-refractivity contribution in [3.8, 4) is 0 Å². The van der Waals surface area contributed by atoms with E-state index in [-0.39, 0.29) is 17.2 Å². The lowest BCUT2D eigenvalue weighted by molar-refractivity contribution is 0.0377. The van der Waals surface area contributed by atoms with Crippen molar-refractivity contribution in [2.45, 2.75) is 51.0 Å². The van der Waals surface area contributed by atoms with Crippen molar-refractivity contribution in [3.63, 3.8) is 0 Å². The minimum atomic E-state index is -3.70. The van der Waals surface area contributed by atoms with Crippen molar-refractivity contribution in [2.24, 2.45) is 0 Å². The van der Waals surface area contributed by atoms with Crippen molar-refractivity contribution in [3.05, 3.63) is 11.5 Å². The molecule has 7 heteroatoms. The lowest BCUT2D eigenvalue weighted by atomic mass is 9.98. The van der Waals surface area contributed by atoms with Crippen molar-refractivity contribution < 1.29 is 18.0 Å². The Labute approximate surface area is 107 Å². The number of aryl methyl sites for hydroxylation is 2. The minimum absolute atomic E-state index is 0.0214. The number of aliphatic hydroxyl groups is 1. The summed E-state index contributed by atoms with van der Waals surface area (Å²) in [6.07, 6.45) is 0.960. The summed E-state index contributed by atoms with van der Waals surface area (Å²) in [6.45, 7) is 6.71. The number of sulfonamides is 1. The molecule has 0 bridgehead atoms. The molecule has 0 atom stereocenters. The van der Waals surface area contributed by atoms with E-state index in [4.69, 9.17) is 4.52 Å². The maximum Gasteiger partial charge on any atom is 0.246 e. The molecule has 2 N–H and O–H groups in total. The van der Waals surface area contributed by atoms with Gasteiger partial charge < -0.3 is 9.63 Å². The average Bonchev–Trinajstić information content (AvgIpc) is 2.67. The summed E-state index contributed by atoms with van der Waals surface area (Å²) in [5.74, 6) is 0.247. The van der Waals surface area contributed by atoms with E-state index >= 15 is 0 Å². The van der Waals surface area contributed by atoms with E-state index in [0.717, 1.165) is 0 Å². The molecule has 0 fully saturated rings. The average molecular weight is 276 g/mol. The number of nitrogens with one attached hydrogen (secondary N) is 1. The van der Waals surface area contributed by atoms with Gasteiger partial charge in [0.1, 0.15) is 10.6 Å². The molecule has 0 saturated heterocycles. The number of hydrogen-bond acceptors (Lipinski definition) is 5. The van der Waals surface area contributed by atoms with Crippen LogP contribution in [0.1, 0.15) is 38.1 Å². The van der Waals surface area contributed by atoms with Crippen LogP contribution in [0.2, 0.25) is 0 Å². The molecule has 18 heavy (non-hydrogen) atoms. The number of rotatable bonds is 6. The summed E-state index contributed by atoms with van der Waals surface area (Å²) < 4.78 is 31.4. The van der Waals surface area contributed by atoms with Crippen molar-refractivity contribution >= 4 is 10.0 Å². The smallest absolute Gasteiger partial charge is 0.246 e. The Kier molecular flexibility index (Phi) is 4.52. The molecule has 6 nitrogen and oxygen atoms in total. The predicted octanol–water partition coefficient (Wildman–Crippen LogP) is 1.12. The zero-order valence-electron chi connectivity index (χ0n) is 11.1.